The third kappa shape index (κ3) is 5.02. The Kier molecular flexibility index (Phi) is 6.22. The van der Waals surface area contributed by atoms with Crippen LogP contribution in [0.4, 0.5) is 5.69 Å². The Morgan fingerprint density at radius 3 is 2.16 bits per heavy atom. The molecular formula is C28H29NO2S. The van der Waals surface area contributed by atoms with Crippen molar-refractivity contribution in [2.45, 2.75) is 42.9 Å². The molecule has 0 unspecified atom stereocenters. The van der Waals surface area contributed by atoms with Crippen molar-refractivity contribution in [3.63, 3.8) is 0 Å². The minimum atomic E-state index is -0.241. The molecule has 0 bridgehead atoms. The second-order valence-electron chi connectivity index (χ2n) is 9.00. The van der Waals surface area contributed by atoms with Crippen molar-refractivity contribution >= 4 is 23.4 Å². The van der Waals surface area contributed by atoms with Crippen LogP contribution < -0.4 is 4.90 Å². The summed E-state index contributed by atoms with van der Waals surface area (Å²) in [5.41, 5.74) is 4.61. The van der Waals surface area contributed by atoms with Crippen molar-refractivity contribution in [1.82, 2.24) is 0 Å². The van der Waals surface area contributed by atoms with Crippen LogP contribution in [0.2, 0.25) is 0 Å². The van der Waals surface area contributed by atoms with Crippen LogP contribution in [0.5, 0.6) is 0 Å². The SMILES string of the molecule is O=C(OCc1ccccc1)c1ccc(SCc2ccccc2)cc1N1CCC2(CC1)CC2. The lowest BCUT2D eigenvalue weighted by molar-refractivity contribution is 0.0473. The smallest absolute Gasteiger partial charge is 0.340 e. The molecule has 1 saturated heterocycles. The van der Waals surface area contributed by atoms with Crippen LogP contribution in [0.15, 0.2) is 83.8 Å². The van der Waals surface area contributed by atoms with Gasteiger partial charge >= 0.3 is 5.97 Å². The van der Waals surface area contributed by atoms with Crippen LogP contribution in [0.25, 0.3) is 0 Å². The van der Waals surface area contributed by atoms with Crippen molar-refractivity contribution in [2.75, 3.05) is 18.0 Å². The maximum atomic E-state index is 13.1. The number of anilines is 1. The molecule has 1 aliphatic heterocycles. The van der Waals surface area contributed by atoms with Gasteiger partial charge in [-0.05, 0) is 60.4 Å². The number of carbonyl (C=O) groups is 1. The number of nitrogens with zero attached hydrogens (tertiary/aromatic N) is 1. The highest BCUT2D eigenvalue weighted by atomic mass is 32.2. The Morgan fingerprint density at radius 2 is 1.50 bits per heavy atom. The molecule has 0 atom stereocenters. The van der Waals surface area contributed by atoms with Gasteiger partial charge in [0.05, 0.1) is 11.3 Å². The highest BCUT2D eigenvalue weighted by molar-refractivity contribution is 7.98. The summed E-state index contributed by atoms with van der Waals surface area (Å²) in [6.45, 7) is 2.34. The third-order valence-corrected chi connectivity index (χ3v) is 7.84. The second-order valence-corrected chi connectivity index (χ2v) is 10.1. The summed E-state index contributed by atoms with van der Waals surface area (Å²) < 4.78 is 5.70. The van der Waals surface area contributed by atoms with Gasteiger partial charge in [-0.1, -0.05) is 60.7 Å². The van der Waals surface area contributed by atoms with E-state index in [9.17, 15) is 4.79 Å². The van der Waals surface area contributed by atoms with E-state index in [-0.39, 0.29) is 5.97 Å². The largest absolute Gasteiger partial charge is 0.457 e. The molecule has 2 fully saturated rings. The molecular weight excluding hydrogens is 414 g/mol. The monoisotopic (exact) mass is 443 g/mol. The van der Waals surface area contributed by atoms with Crippen molar-refractivity contribution in [3.8, 4) is 0 Å². The van der Waals surface area contributed by atoms with E-state index in [4.69, 9.17) is 4.74 Å². The first-order valence-electron chi connectivity index (χ1n) is 11.5. The molecule has 1 spiro atoms. The molecule has 3 aromatic rings. The number of piperidine rings is 1. The normalized spacial score (nSPS) is 16.7. The number of hydrogen-bond donors (Lipinski definition) is 0. The van der Waals surface area contributed by atoms with E-state index < -0.39 is 0 Å². The predicted molar refractivity (Wildman–Crippen MR) is 131 cm³/mol. The standard InChI is InChI=1S/C28H29NO2S/c30-27(31-20-22-7-3-1-4-8-22)25-12-11-24(32-21-23-9-5-2-6-10-23)19-26(25)29-17-15-28(13-14-28)16-18-29/h1-12,19H,13-18,20-21H2. The summed E-state index contributed by atoms with van der Waals surface area (Å²) in [6.07, 6.45) is 5.21. The Bertz CT molecular complexity index is 1050. The van der Waals surface area contributed by atoms with E-state index in [2.05, 4.69) is 41.3 Å². The zero-order valence-corrected chi connectivity index (χ0v) is 19.2. The maximum absolute atomic E-state index is 13.1. The zero-order valence-electron chi connectivity index (χ0n) is 18.3. The molecule has 0 aromatic heterocycles. The Balaban J connectivity index is 1.34. The molecule has 3 aromatic carbocycles. The minimum Gasteiger partial charge on any atom is -0.457 e. The van der Waals surface area contributed by atoms with Gasteiger partial charge in [0.1, 0.15) is 6.61 Å². The number of hydrogen-bond acceptors (Lipinski definition) is 4. The van der Waals surface area contributed by atoms with Crippen LogP contribution in [-0.4, -0.2) is 19.1 Å². The molecule has 0 N–H and O–H groups in total. The van der Waals surface area contributed by atoms with Crippen LogP contribution in [0.3, 0.4) is 0 Å². The van der Waals surface area contributed by atoms with Crippen molar-refractivity contribution < 1.29 is 9.53 Å². The molecule has 3 nitrogen and oxygen atoms in total. The number of benzene rings is 3. The zero-order chi connectivity index (χ0) is 21.8. The fourth-order valence-electron chi connectivity index (χ4n) is 4.48. The van der Waals surface area contributed by atoms with Crippen LogP contribution >= 0.6 is 11.8 Å². The summed E-state index contributed by atoms with van der Waals surface area (Å²) in [5, 5.41) is 0. The van der Waals surface area contributed by atoms with Crippen LogP contribution in [-0.2, 0) is 17.1 Å². The topological polar surface area (TPSA) is 29.5 Å². The quantitative estimate of drug-likeness (QED) is 0.300. The fraction of sp³-hybridized carbons (Fsp3) is 0.321. The molecule has 0 amide bonds. The molecule has 32 heavy (non-hydrogen) atoms. The van der Waals surface area contributed by atoms with E-state index in [1.807, 2.05) is 54.2 Å². The van der Waals surface area contributed by atoms with Gasteiger partial charge < -0.3 is 9.64 Å². The van der Waals surface area contributed by atoms with Gasteiger partial charge in [0.15, 0.2) is 0 Å². The first-order chi connectivity index (χ1) is 15.7. The first kappa shape index (κ1) is 21.1. The summed E-state index contributed by atoms with van der Waals surface area (Å²) in [7, 11) is 0. The fourth-order valence-corrected chi connectivity index (χ4v) is 5.36. The predicted octanol–water partition coefficient (Wildman–Crippen LogP) is 6.72. The number of esters is 1. The Morgan fingerprint density at radius 1 is 0.844 bits per heavy atom. The summed E-state index contributed by atoms with van der Waals surface area (Å²) in [6, 6.07) is 26.6. The van der Waals surface area contributed by atoms with Gasteiger partial charge in [0.2, 0.25) is 0 Å². The number of carbonyl (C=O) groups excluding carboxylic acids is 1. The van der Waals surface area contributed by atoms with Crippen LogP contribution in [0, 0.1) is 5.41 Å². The first-order valence-corrected chi connectivity index (χ1v) is 12.5. The summed E-state index contributed by atoms with van der Waals surface area (Å²) in [4.78, 5) is 16.6. The summed E-state index contributed by atoms with van der Waals surface area (Å²) in [5.74, 6) is 0.677. The van der Waals surface area contributed by atoms with Gasteiger partial charge in [-0.25, -0.2) is 4.79 Å². The lowest BCUT2D eigenvalue weighted by Gasteiger charge is -2.35. The van der Waals surface area contributed by atoms with Crippen molar-refractivity contribution in [3.05, 3.63) is 95.6 Å². The van der Waals surface area contributed by atoms with Crippen molar-refractivity contribution in [1.29, 1.82) is 0 Å². The third-order valence-electron chi connectivity index (χ3n) is 6.77. The summed E-state index contributed by atoms with van der Waals surface area (Å²) >= 11 is 1.82. The van der Waals surface area contributed by atoms with Gasteiger partial charge in [-0.3, -0.25) is 0 Å². The van der Waals surface area contributed by atoms with Gasteiger partial charge in [0.25, 0.3) is 0 Å². The van der Waals surface area contributed by atoms with E-state index in [0.29, 0.717) is 17.6 Å². The number of ether oxygens (including phenoxy) is 1. The van der Waals surface area contributed by atoms with E-state index >= 15 is 0 Å². The molecule has 1 aliphatic carbocycles. The van der Waals surface area contributed by atoms with Gasteiger partial charge in [-0.15, -0.1) is 11.8 Å². The lowest BCUT2D eigenvalue weighted by atomic mass is 9.93. The Hall–Kier alpha value is -2.72. The minimum absolute atomic E-state index is 0.241. The molecule has 0 radical (unpaired) electrons. The number of thioether (sulfide) groups is 1. The molecule has 1 saturated carbocycles. The molecule has 164 valence electrons. The van der Waals surface area contributed by atoms with Gasteiger partial charge in [0, 0.05) is 23.7 Å². The lowest BCUT2D eigenvalue weighted by Crippen LogP contribution is -2.35. The Labute approximate surface area is 194 Å². The van der Waals surface area contributed by atoms with Crippen molar-refractivity contribution in [2.24, 2.45) is 5.41 Å². The highest BCUT2D eigenvalue weighted by Gasteiger charge is 2.44. The molecule has 2 aliphatic rings. The molecule has 1 heterocycles. The number of rotatable bonds is 7. The average Bonchev–Trinajstić information content (AvgIpc) is 3.61. The second kappa shape index (κ2) is 9.41. The van der Waals surface area contributed by atoms with E-state index in [1.54, 1.807) is 0 Å². The molecule has 4 heteroatoms. The van der Waals surface area contributed by atoms with Gasteiger partial charge in [-0.2, -0.15) is 0 Å². The molecule has 5 rings (SSSR count). The highest BCUT2D eigenvalue weighted by Crippen LogP contribution is 2.54. The van der Waals surface area contributed by atoms with Crippen LogP contribution in [0.1, 0.15) is 47.2 Å². The maximum Gasteiger partial charge on any atom is 0.340 e. The van der Waals surface area contributed by atoms with E-state index in [1.165, 1.54) is 36.1 Å². The van der Waals surface area contributed by atoms with E-state index in [0.717, 1.165) is 30.1 Å². The average molecular weight is 444 g/mol.